The van der Waals surface area contributed by atoms with Gasteiger partial charge in [-0.2, -0.15) is 0 Å². The van der Waals surface area contributed by atoms with Crippen LogP contribution >= 0.6 is 0 Å². The predicted octanol–water partition coefficient (Wildman–Crippen LogP) is 2.09. The molecule has 0 saturated carbocycles. The van der Waals surface area contributed by atoms with Crippen LogP contribution in [0, 0.1) is 5.41 Å². The van der Waals surface area contributed by atoms with Crippen molar-refractivity contribution in [3.8, 4) is 0 Å². The number of allylic oxidation sites excluding steroid dienone is 2. The fourth-order valence-corrected chi connectivity index (χ4v) is 2.82. The molecule has 0 spiro atoms. The molecule has 6 heteroatoms. The Morgan fingerprint density at radius 1 is 1.26 bits per heavy atom. The van der Waals surface area contributed by atoms with E-state index in [-0.39, 0.29) is 17.8 Å². The van der Waals surface area contributed by atoms with Crippen LogP contribution in [0.1, 0.15) is 40.5 Å². The molecule has 0 saturated heterocycles. The summed E-state index contributed by atoms with van der Waals surface area (Å²) in [5.74, 6) is -2.53. The van der Waals surface area contributed by atoms with Crippen LogP contribution in [-0.2, 0) is 14.4 Å². The molecule has 6 nitrogen and oxygen atoms in total. The summed E-state index contributed by atoms with van der Waals surface area (Å²) in [6.07, 6.45) is 3.47. The van der Waals surface area contributed by atoms with Gasteiger partial charge in [0.15, 0.2) is 5.78 Å². The Hall–Kier alpha value is -2.21. The molecule has 1 aliphatic rings. The van der Waals surface area contributed by atoms with Gasteiger partial charge in [0.05, 0.1) is 6.42 Å². The first-order chi connectivity index (χ1) is 10.4. The number of carboxylic acid groups (broad SMARTS) is 2. The molecule has 0 unspecified atom stereocenters. The van der Waals surface area contributed by atoms with E-state index in [4.69, 9.17) is 10.2 Å². The number of carbonyl (C=O) groups is 3. The zero-order valence-electron chi connectivity index (χ0n) is 13.7. The number of carboxylic acids is 2. The van der Waals surface area contributed by atoms with Gasteiger partial charge in [-0.3, -0.25) is 9.59 Å². The summed E-state index contributed by atoms with van der Waals surface area (Å²) in [6.45, 7) is 6.54. The lowest BCUT2D eigenvalue weighted by atomic mass is 9.62. The Labute approximate surface area is 134 Å². The lowest BCUT2D eigenvalue weighted by Crippen LogP contribution is -2.49. The largest absolute Gasteiger partial charge is 0.481 e. The third kappa shape index (κ3) is 3.96. The van der Waals surface area contributed by atoms with Gasteiger partial charge in [-0.1, -0.05) is 19.9 Å². The minimum Gasteiger partial charge on any atom is -0.481 e. The molecular formula is C17H22O6. The molecule has 0 radical (unpaired) electrons. The highest BCUT2D eigenvalue weighted by Crippen LogP contribution is 2.47. The molecule has 1 rings (SSSR count). The molecular weight excluding hydrogens is 300 g/mol. The van der Waals surface area contributed by atoms with Crippen molar-refractivity contribution in [2.45, 2.75) is 46.1 Å². The van der Waals surface area contributed by atoms with E-state index in [1.807, 2.05) is 0 Å². The zero-order chi connectivity index (χ0) is 18.0. The van der Waals surface area contributed by atoms with Gasteiger partial charge in [-0.15, -0.1) is 0 Å². The average Bonchev–Trinajstić information content (AvgIpc) is 2.38. The van der Waals surface area contributed by atoms with Gasteiger partial charge >= 0.3 is 11.9 Å². The van der Waals surface area contributed by atoms with Crippen molar-refractivity contribution in [1.29, 1.82) is 0 Å². The van der Waals surface area contributed by atoms with E-state index < -0.39 is 29.4 Å². The summed E-state index contributed by atoms with van der Waals surface area (Å²) in [5, 5.41) is 28.8. The molecule has 0 bridgehead atoms. The van der Waals surface area contributed by atoms with Crippen molar-refractivity contribution < 1.29 is 29.7 Å². The maximum absolute atomic E-state index is 12.2. The molecule has 0 amide bonds. The van der Waals surface area contributed by atoms with Crippen molar-refractivity contribution in [3.05, 3.63) is 34.9 Å². The summed E-state index contributed by atoms with van der Waals surface area (Å²) >= 11 is 0. The van der Waals surface area contributed by atoms with E-state index in [1.54, 1.807) is 20.8 Å². The number of hydrogen-bond donors (Lipinski definition) is 3. The predicted molar refractivity (Wildman–Crippen MR) is 83.8 cm³/mol. The fraction of sp³-hybridized carbons (Fsp3) is 0.471. The summed E-state index contributed by atoms with van der Waals surface area (Å²) in [4.78, 5) is 33.8. The standard InChI is InChI=1S/C17H22O6/c1-10(7-14(19)20)5-6-17(23)11(2)12(8-15(21)22)13(18)9-16(17,3)4/h5-7,23H,8-9H2,1-4H3,(H,19,20)(H,21,22)/b6-5+,10-7-/t17-/m0/s1. The number of hydrogen-bond acceptors (Lipinski definition) is 4. The molecule has 0 aromatic carbocycles. The van der Waals surface area contributed by atoms with Crippen molar-refractivity contribution in [2.24, 2.45) is 5.41 Å². The molecule has 3 N–H and O–H groups in total. The molecule has 0 aliphatic heterocycles. The lowest BCUT2D eigenvalue weighted by Gasteiger charge is -2.45. The molecule has 0 aromatic rings. The van der Waals surface area contributed by atoms with Gasteiger partial charge in [0.2, 0.25) is 0 Å². The fourth-order valence-electron chi connectivity index (χ4n) is 2.82. The third-order valence-corrected chi connectivity index (χ3v) is 4.26. The van der Waals surface area contributed by atoms with Gasteiger partial charge in [-0.25, -0.2) is 4.79 Å². The van der Waals surface area contributed by atoms with Gasteiger partial charge in [0.1, 0.15) is 5.60 Å². The van der Waals surface area contributed by atoms with Crippen molar-refractivity contribution >= 4 is 17.7 Å². The summed E-state index contributed by atoms with van der Waals surface area (Å²) in [7, 11) is 0. The Kier molecular flexibility index (Phi) is 5.32. The summed E-state index contributed by atoms with van der Waals surface area (Å²) in [5.41, 5.74) is -1.55. The maximum Gasteiger partial charge on any atom is 0.328 e. The van der Waals surface area contributed by atoms with Crippen molar-refractivity contribution in [1.82, 2.24) is 0 Å². The number of aliphatic carboxylic acids is 2. The average molecular weight is 322 g/mol. The van der Waals surface area contributed by atoms with Gasteiger partial charge in [-0.05, 0) is 31.1 Å². The Morgan fingerprint density at radius 2 is 1.83 bits per heavy atom. The molecule has 0 heterocycles. The molecule has 0 aromatic heterocycles. The topological polar surface area (TPSA) is 112 Å². The van der Waals surface area contributed by atoms with Crippen LogP contribution in [0.25, 0.3) is 0 Å². The lowest BCUT2D eigenvalue weighted by molar-refractivity contribution is -0.137. The SMILES string of the molecule is CC1=C(CC(=O)O)C(=O)CC(C)(C)[C@]1(O)/C=C/C(C)=C\C(=O)O. The van der Waals surface area contributed by atoms with E-state index in [1.165, 1.54) is 19.1 Å². The van der Waals surface area contributed by atoms with E-state index in [9.17, 15) is 19.5 Å². The van der Waals surface area contributed by atoms with Gasteiger partial charge < -0.3 is 15.3 Å². The van der Waals surface area contributed by atoms with Crippen molar-refractivity contribution in [3.63, 3.8) is 0 Å². The second kappa shape index (κ2) is 6.50. The summed E-state index contributed by atoms with van der Waals surface area (Å²) < 4.78 is 0. The molecule has 126 valence electrons. The van der Waals surface area contributed by atoms with E-state index in [0.717, 1.165) is 6.08 Å². The van der Waals surface area contributed by atoms with Crippen LogP contribution in [-0.4, -0.2) is 38.6 Å². The van der Waals surface area contributed by atoms with E-state index in [2.05, 4.69) is 0 Å². The number of ketones is 1. The Bertz CT molecular complexity index is 635. The maximum atomic E-state index is 12.2. The van der Waals surface area contributed by atoms with Crippen molar-refractivity contribution in [2.75, 3.05) is 0 Å². The quantitative estimate of drug-likeness (QED) is 0.528. The smallest absolute Gasteiger partial charge is 0.328 e. The van der Waals surface area contributed by atoms with Crippen LogP contribution in [0.2, 0.25) is 0 Å². The monoisotopic (exact) mass is 322 g/mol. The van der Waals surface area contributed by atoms with Gasteiger partial charge in [0.25, 0.3) is 0 Å². The first-order valence-electron chi connectivity index (χ1n) is 7.19. The number of Topliss-reactive ketones (excluding diaryl/α,β-unsaturated/α-hetero) is 1. The van der Waals surface area contributed by atoms with Crippen LogP contribution in [0.3, 0.4) is 0 Å². The van der Waals surface area contributed by atoms with E-state index in [0.29, 0.717) is 11.1 Å². The highest BCUT2D eigenvalue weighted by atomic mass is 16.4. The second-order valence-electron chi connectivity index (χ2n) is 6.48. The highest BCUT2D eigenvalue weighted by molar-refractivity contribution is 6.01. The minimum atomic E-state index is -1.53. The number of rotatable bonds is 5. The Balaban J connectivity index is 3.39. The summed E-state index contributed by atoms with van der Waals surface area (Å²) in [6, 6.07) is 0. The molecule has 1 aliphatic carbocycles. The van der Waals surface area contributed by atoms with Crippen LogP contribution in [0.4, 0.5) is 0 Å². The van der Waals surface area contributed by atoms with Crippen LogP contribution in [0.15, 0.2) is 34.9 Å². The first-order valence-corrected chi connectivity index (χ1v) is 7.19. The normalized spacial score (nSPS) is 25.1. The Morgan fingerprint density at radius 3 is 2.30 bits per heavy atom. The zero-order valence-corrected chi connectivity index (χ0v) is 13.7. The highest BCUT2D eigenvalue weighted by Gasteiger charge is 2.49. The minimum absolute atomic E-state index is 0.00941. The third-order valence-electron chi connectivity index (χ3n) is 4.26. The van der Waals surface area contributed by atoms with Crippen LogP contribution in [0.5, 0.6) is 0 Å². The number of aliphatic hydroxyl groups is 1. The molecule has 23 heavy (non-hydrogen) atoms. The molecule has 0 fully saturated rings. The van der Waals surface area contributed by atoms with Gasteiger partial charge in [0, 0.05) is 23.5 Å². The number of carbonyl (C=O) groups excluding carboxylic acids is 1. The van der Waals surface area contributed by atoms with Crippen LogP contribution < -0.4 is 0 Å². The van der Waals surface area contributed by atoms with E-state index >= 15 is 0 Å². The first kappa shape index (κ1) is 18.8. The second-order valence-corrected chi connectivity index (χ2v) is 6.48. The molecule has 1 atom stereocenters.